The van der Waals surface area contributed by atoms with E-state index in [0.29, 0.717) is 37.4 Å². The fraction of sp³-hybridized carbons (Fsp3) is 0.409. The van der Waals surface area contributed by atoms with Crippen molar-refractivity contribution in [3.63, 3.8) is 0 Å². The highest BCUT2D eigenvalue weighted by molar-refractivity contribution is 7.89. The van der Waals surface area contributed by atoms with Gasteiger partial charge in [0, 0.05) is 30.6 Å². The molecule has 2 aromatic carbocycles. The smallest absolute Gasteiger partial charge is 0.243 e. The molecule has 1 heterocycles. The van der Waals surface area contributed by atoms with Crippen molar-refractivity contribution in [3.8, 4) is 0 Å². The molecule has 3 rings (SSSR count). The summed E-state index contributed by atoms with van der Waals surface area (Å²) in [5.41, 5.74) is 2.22. The Morgan fingerprint density at radius 3 is 2.31 bits per heavy atom. The summed E-state index contributed by atoms with van der Waals surface area (Å²) in [5.74, 6) is -0.108. The number of nitrogens with one attached hydrogen (secondary N) is 1. The predicted molar refractivity (Wildman–Crippen MR) is 115 cm³/mol. The lowest BCUT2D eigenvalue weighted by Crippen LogP contribution is -2.43. The topological polar surface area (TPSA) is 66.5 Å². The average molecular weight is 435 g/mol. The molecule has 0 unspecified atom stereocenters. The highest BCUT2D eigenvalue weighted by Gasteiger charge is 2.31. The van der Waals surface area contributed by atoms with Crippen LogP contribution in [0.1, 0.15) is 30.4 Å². The molecule has 1 N–H and O–H groups in total. The summed E-state index contributed by atoms with van der Waals surface area (Å²) >= 11 is 5.88. The highest BCUT2D eigenvalue weighted by atomic mass is 35.5. The number of hydrogen-bond acceptors (Lipinski definition) is 3. The molecule has 1 amide bonds. The van der Waals surface area contributed by atoms with E-state index in [1.807, 2.05) is 31.2 Å². The van der Waals surface area contributed by atoms with Crippen LogP contribution in [0.3, 0.4) is 0 Å². The van der Waals surface area contributed by atoms with E-state index < -0.39 is 10.0 Å². The first-order valence-electron chi connectivity index (χ1n) is 9.95. The Hall–Kier alpha value is -1.89. The summed E-state index contributed by atoms with van der Waals surface area (Å²) in [6.07, 6.45) is 2.83. The Morgan fingerprint density at radius 1 is 1.07 bits per heavy atom. The molecule has 1 fully saturated rings. The number of halogens is 1. The molecule has 1 aliphatic rings. The predicted octanol–water partition coefficient (Wildman–Crippen LogP) is 3.80. The van der Waals surface area contributed by atoms with E-state index in [0.717, 1.165) is 23.4 Å². The molecule has 0 aromatic heterocycles. The number of hydrogen-bond donors (Lipinski definition) is 1. The molecule has 1 aliphatic heterocycles. The van der Waals surface area contributed by atoms with Crippen LogP contribution in [0.15, 0.2) is 53.4 Å². The van der Waals surface area contributed by atoms with Gasteiger partial charge < -0.3 is 5.32 Å². The number of carbonyl (C=O) groups excluding carboxylic acids is 1. The third kappa shape index (κ3) is 5.81. The lowest BCUT2D eigenvalue weighted by atomic mass is 9.97. The van der Waals surface area contributed by atoms with Crippen LogP contribution in [-0.2, 0) is 21.2 Å². The number of amides is 1. The maximum atomic E-state index is 12.8. The minimum Gasteiger partial charge on any atom is -0.356 e. The minimum atomic E-state index is -3.49. The molecule has 0 saturated carbocycles. The second kappa shape index (κ2) is 9.74. The van der Waals surface area contributed by atoms with Crippen LogP contribution in [0.25, 0.3) is 0 Å². The summed E-state index contributed by atoms with van der Waals surface area (Å²) in [6, 6.07) is 14.6. The maximum Gasteiger partial charge on any atom is 0.243 e. The Morgan fingerprint density at radius 2 is 1.69 bits per heavy atom. The van der Waals surface area contributed by atoms with Crippen LogP contribution in [0.2, 0.25) is 5.02 Å². The van der Waals surface area contributed by atoms with Crippen LogP contribution < -0.4 is 5.32 Å². The van der Waals surface area contributed by atoms with Gasteiger partial charge in [-0.1, -0.05) is 41.4 Å². The Bertz CT molecular complexity index is 920. The van der Waals surface area contributed by atoms with Crippen LogP contribution in [0.4, 0.5) is 0 Å². The Labute approximate surface area is 178 Å². The van der Waals surface area contributed by atoms with Gasteiger partial charge in [-0.05, 0) is 62.4 Å². The summed E-state index contributed by atoms with van der Waals surface area (Å²) in [5, 5.41) is 3.71. The van der Waals surface area contributed by atoms with Gasteiger partial charge in [0.05, 0.1) is 4.90 Å². The third-order valence-corrected chi connectivity index (χ3v) is 7.50. The van der Waals surface area contributed by atoms with Gasteiger partial charge in [-0.3, -0.25) is 4.79 Å². The number of sulfonamides is 1. The van der Waals surface area contributed by atoms with E-state index in [1.165, 1.54) is 9.87 Å². The second-order valence-electron chi connectivity index (χ2n) is 7.51. The van der Waals surface area contributed by atoms with Crippen molar-refractivity contribution in [2.24, 2.45) is 5.92 Å². The van der Waals surface area contributed by atoms with Gasteiger partial charge >= 0.3 is 0 Å². The standard InChI is InChI=1S/C22H27ClN2O3S/c1-17-4-10-21(11-5-17)29(27,28)25-15-12-19(13-16-25)22(26)24-14-2-3-18-6-8-20(23)9-7-18/h4-11,19H,2-3,12-16H2,1H3,(H,24,26). The van der Waals surface area contributed by atoms with Gasteiger partial charge in [0.25, 0.3) is 0 Å². The third-order valence-electron chi connectivity index (χ3n) is 5.34. The molecule has 0 radical (unpaired) electrons. The molecule has 0 aliphatic carbocycles. The highest BCUT2D eigenvalue weighted by Crippen LogP contribution is 2.24. The largest absolute Gasteiger partial charge is 0.356 e. The summed E-state index contributed by atoms with van der Waals surface area (Å²) in [6.45, 7) is 3.29. The Balaban J connectivity index is 1.43. The van der Waals surface area contributed by atoms with E-state index in [4.69, 9.17) is 11.6 Å². The molecule has 156 valence electrons. The molecule has 0 atom stereocenters. The molecule has 5 nitrogen and oxygen atoms in total. The van der Waals surface area contributed by atoms with Gasteiger partial charge in [0.1, 0.15) is 0 Å². The number of benzene rings is 2. The quantitative estimate of drug-likeness (QED) is 0.674. The first-order valence-corrected chi connectivity index (χ1v) is 11.8. The number of rotatable bonds is 7. The number of aryl methyl sites for hydroxylation is 2. The molecular weight excluding hydrogens is 408 g/mol. The molecule has 7 heteroatoms. The summed E-state index contributed by atoms with van der Waals surface area (Å²) in [7, 11) is -3.49. The van der Waals surface area contributed by atoms with Gasteiger partial charge in [0.2, 0.25) is 15.9 Å². The fourth-order valence-electron chi connectivity index (χ4n) is 3.52. The van der Waals surface area contributed by atoms with Gasteiger partial charge in [-0.25, -0.2) is 8.42 Å². The monoisotopic (exact) mass is 434 g/mol. The average Bonchev–Trinajstić information content (AvgIpc) is 2.73. The Kier molecular flexibility index (Phi) is 7.33. The van der Waals surface area contributed by atoms with E-state index in [9.17, 15) is 13.2 Å². The maximum absolute atomic E-state index is 12.8. The lowest BCUT2D eigenvalue weighted by molar-refractivity contribution is -0.126. The van der Waals surface area contributed by atoms with Gasteiger partial charge in [-0.15, -0.1) is 0 Å². The SMILES string of the molecule is Cc1ccc(S(=O)(=O)N2CCC(C(=O)NCCCc3ccc(Cl)cc3)CC2)cc1. The van der Waals surface area contributed by atoms with Crippen LogP contribution in [0.5, 0.6) is 0 Å². The van der Waals surface area contributed by atoms with Crippen LogP contribution in [-0.4, -0.2) is 38.3 Å². The number of piperidine rings is 1. The van der Waals surface area contributed by atoms with Crippen LogP contribution in [0, 0.1) is 12.8 Å². The van der Waals surface area contributed by atoms with Gasteiger partial charge in [-0.2, -0.15) is 4.31 Å². The molecule has 29 heavy (non-hydrogen) atoms. The van der Waals surface area contributed by atoms with E-state index in [1.54, 1.807) is 24.3 Å². The number of carbonyl (C=O) groups is 1. The van der Waals surface area contributed by atoms with Crippen molar-refractivity contribution in [2.75, 3.05) is 19.6 Å². The molecule has 2 aromatic rings. The molecule has 0 bridgehead atoms. The fourth-order valence-corrected chi connectivity index (χ4v) is 5.11. The van der Waals surface area contributed by atoms with E-state index >= 15 is 0 Å². The van der Waals surface area contributed by atoms with Crippen molar-refractivity contribution < 1.29 is 13.2 Å². The lowest BCUT2D eigenvalue weighted by Gasteiger charge is -2.30. The van der Waals surface area contributed by atoms with Crippen molar-refractivity contribution in [1.82, 2.24) is 9.62 Å². The van der Waals surface area contributed by atoms with Crippen molar-refractivity contribution in [1.29, 1.82) is 0 Å². The minimum absolute atomic E-state index is 0.0217. The van der Waals surface area contributed by atoms with E-state index in [-0.39, 0.29) is 11.8 Å². The van der Waals surface area contributed by atoms with Crippen molar-refractivity contribution >= 4 is 27.5 Å². The second-order valence-corrected chi connectivity index (χ2v) is 9.89. The van der Waals surface area contributed by atoms with Crippen LogP contribution >= 0.6 is 11.6 Å². The zero-order valence-electron chi connectivity index (χ0n) is 16.6. The zero-order chi connectivity index (χ0) is 20.9. The zero-order valence-corrected chi connectivity index (χ0v) is 18.2. The van der Waals surface area contributed by atoms with Gasteiger partial charge in [0.15, 0.2) is 0 Å². The normalized spacial score (nSPS) is 15.9. The van der Waals surface area contributed by atoms with Crippen molar-refractivity contribution in [3.05, 3.63) is 64.7 Å². The summed E-state index contributed by atoms with van der Waals surface area (Å²) in [4.78, 5) is 12.7. The molecule has 1 saturated heterocycles. The molecular formula is C22H27ClN2O3S. The molecule has 0 spiro atoms. The summed E-state index contributed by atoms with van der Waals surface area (Å²) < 4.78 is 27.0. The van der Waals surface area contributed by atoms with E-state index in [2.05, 4.69) is 5.32 Å². The van der Waals surface area contributed by atoms with Crippen molar-refractivity contribution in [2.45, 2.75) is 37.5 Å². The number of nitrogens with zero attached hydrogens (tertiary/aromatic N) is 1. The first kappa shape index (κ1) is 21.8. The first-order chi connectivity index (χ1) is 13.9.